The third kappa shape index (κ3) is 6.30. The molecule has 0 fully saturated rings. The summed E-state index contributed by atoms with van der Waals surface area (Å²) < 4.78 is 1.06. The molecule has 0 saturated heterocycles. The Kier molecular flexibility index (Phi) is 7.67. The van der Waals surface area contributed by atoms with E-state index >= 15 is 0 Å². The minimum atomic E-state index is -0.479. The first-order chi connectivity index (χ1) is 12.0. The molecule has 25 heavy (non-hydrogen) atoms. The van der Waals surface area contributed by atoms with Crippen molar-refractivity contribution < 1.29 is 9.59 Å². The predicted octanol–water partition coefficient (Wildman–Crippen LogP) is 2.52. The maximum atomic E-state index is 12.0. The average molecular weight is 381 g/mol. The van der Waals surface area contributed by atoms with Gasteiger partial charge in [0.25, 0.3) is 0 Å². The molecule has 0 saturated carbocycles. The number of nitrogens with one attached hydrogen (secondary N) is 2. The molecule has 0 unspecified atom stereocenters. The second-order valence-electron chi connectivity index (χ2n) is 5.82. The number of rotatable bonds is 9. The van der Waals surface area contributed by atoms with Gasteiger partial charge in [-0.2, -0.15) is 11.8 Å². The number of benzene rings is 1. The molecule has 1 aromatic carbocycles. The molecule has 0 radical (unpaired) electrons. The number of carbonyl (C=O) groups is 2. The van der Waals surface area contributed by atoms with E-state index in [-0.39, 0.29) is 11.8 Å². The number of aromatic nitrogens is 1. The van der Waals surface area contributed by atoms with Gasteiger partial charge in [-0.05, 0) is 49.5 Å². The second kappa shape index (κ2) is 9.74. The van der Waals surface area contributed by atoms with Gasteiger partial charge in [0.2, 0.25) is 11.8 Å². The van der Waals surface area contributed by atoms with E-state index in [1.165, 1.54) is 16.9 Å². The van der Waals surface area contributed by atoms with Crippen LogP contribution in [0.25, 0.3) is 10.2 Å². The molecule has 0 aliphatic rings. The number of thiazole rings is 1. The van der Waals surface area contributed by atoms with Gasteiger partial charge < -0.3 is 16.4 Å². The highest BCUT2D eigenvalue weighted by Crippen LogP contribution is 2.26. The Bertz CT molecular complexity index is 733. The van der Waals surface area contributed by atoms with E-state index in [9.17, 15) is 9.59 Å². The van der Waals surface area contributed by atoms with Crippen LogP contribution in [0.5, 0.6) is 0 Å². The molecular weight excluding hydrogens is 356 g/mol. The summed E-state index contributed by atoms with van der Waals surface area (Å²) in [6.45, 7) is 2.47. The van der Waals surface area contributed by atoms with Crippen molar-refractivity contribution in [2.45, 2.75) is 32.2 Å². The van der Waals surface area contributed by atoms with Gasteiger partial charge in [0.05, 0.1) is 16.3 Å². The fourth-order valence-electron chi connectivity index (χ4n) is 2.23. The lowest BCUT2D eigenvalue weighted by molar-refractivity contribution is -0.122. The molecular formula is C17H24N4O2S2. The van der Waals surface area contributed by atoms with E-state index in [0.717, 1.165) is 16.0 Å². The highest BCUT2D eigenvalue weighted by molar-refractivity contribution is 7.98. The Hall–Kier alpha value is -1.64. The number of nitrogens with zero attached hydrogens (tertiary/aromatic N) is 1. The number of thioether (sulfide) groups is 1. The summed E-state index contributed by atoms with van der Waals surface area (Å²) >= 11 is 3.13. The van der Waals surface area contributed by atoms with Crippen LogP contribution in [0.4, 0.5) is 5.13 Å². The number of amides is 2. The van der Waals surface area contributed by atoms with Crippen LogP contribution in [-0.4, -0.2) is 41.4 Å². The third-order valence-electron chi connectivity index (χ3n) is 3.64. The predicted molar refractivity (Wildman–Crippen MR) is 106 cm³/mol. The van der Waals surface area contributed by atoms with Gasteiger partial charge >= 0.3 is 0 Å². The van der Waals surface area contributed by atoms with Crippen LogP contribution < -0.4 is 16.4 Å². The van der Waals surface area contributed by atoms with Gasteiger partial charge in [0.15, 0.2) is 5.13 Å². The number of nitrogens with two attached hydrogens (primary N) is 1. The van der Waals surface area contributed by atoms with Crippen LogP contribution in [0.15, 0.2) is 18.2 Å². The number of anilines is 1. The molecule has 2 aromatic rings. The van der Waals surface area contributed by atoms with Crippen LogP contribution in [0, 0.1) is 6.92 Å². The summed E-state index contributed by atoms with van der Waals surface area (Å²) in [7, 11) is 0. The van der Waals surface area contributed by atoms with E-state index in [1.807, 2.05) is 25.3 Å². The monoisotopic (exact) mass is 380 g/mol. The maximum Gasteiger partial charge on any atom is 0.236 e. The molecule has 0 aliphatic heterocycles. The van der Waals surface area contributed by atoms with Crippen LogP contribution in [0.3, 0.4) is 0 Å². The Balaban J connectivity index is 1.70. The van der Waals surface area contributed by atoms with Crippen LogP contribution >= 0.6 is 23.1 Å². The number of fused-ring (bicyclic) bond motifs is 1. The van der Waals surface area contributed by atoms with Crippen molar-refractivity contribution in [1.82, 2.24) is 10.3 Å². The maximum absolute atomic E-state index is 12.0. The lowest BCUT2D eigenvalue weighted by atomic mass is 10.2. The molecule has 0 bridgehead atoms. The quantitative estimate of drug-likeness (QED) is 0.581. The minimum absolute atomic E-state index is 0.100. The lowest BCUT2D eigenvalue weighted by Gasteiger charge is -2.11. The molecule has 0 aliphatic carbocycles. The van der Waals surface area contributed by atoms with E-state index in [2.05, 4.69) is 21.7 Å². The topological polar surface area (TPSA) is 97.1 Å². The molecule has 6 nitrogen and oxygen atoms in total. The molecule has 0 spiro atoms. The van der Waals surface area contributed by atoms with E-state index in [0.29, 0.717) is 30.9 Å². The number of carbonyl (C=O) groups excluding carboxylic acids is 2. The summed E-state index contributed by atoms with van der Waals surface area (Å²) in [4.78, 5) is 28.1. The second-order valence-corrected chi connectivity index (χ2v) is 7.84. The normalized spacial score (nSPS) is 12.1. The van der Waals surface area contributed by atoms with Crippen LogP contribution in [0.1, 0.15) is 24.8 Å². The molecule has 136 valence electrons. The first-order valence-electron chi connectivity index (χ1n) is 8.19. The fraction of sp³-hybridized carbons (Fsp3) is 0.471. The molecule has 1 heterocycles. The Morgan fingerprint density at radius 3 is 2.96 bits per heavy atom. The van der Waals surface area contributed by atoms with Crippen molar-refractivity contribution in [2.75, 3.05) is 23.9 Å². The van der Waals surface area contributed by atoms with Crippen molar-refractivity contribution in [3.8, 4) is 0 Å². The highest BCUT2D eigenvalue weighted by Gasteiger charge is 2.12. The SMILES string of the molecule is CSCC[C@H](N)C(=O)NCCCC(=O)Nc1nc2ccc(C)cc2s1. The summed E-state index contributed by atoms with van der Waals surface area (Å²) in [6.07, 6.45) is 3.53. The Morgan fingerprint density at radius 2 is 2.20 bits per heavy atom. The molecule has 4 N–H and O–H groups in total. The zero-order valence-electron chi connectivity index (χ0n) is 14.5. The van der Waals surface area contributed by atoms with Gasteiger partial charge in [-0.3, -0.25) is 9.59 Å². The zero-order valence-corrected chi connectivity index (χ0v) is 16.1. The number of hydrogen-bond donors (Lipinski definition) is 3. The fourth-order valence-corrected chi connectivity index (χ4v) is 3.70. The average Bonchev–Trinajstić information content (AvgIpc) is 2.97. The van der Waals surface area contributed by atoms with Crippen molar-refractivity contribution in [1.29, 1.82) is 0 Å². The number of hydrogen-bond acceptors (Lipinski definition) is 6. The molecule has 8 heteroatoms. The molecule has 1 aromatic heterocycles. The van der Waals surface area contributed by atoms with Gasteiger partial charge in [0, 0.05) is 13.0 Å². The first-order valence-corrected chi connectivity index (χ1v) is 10.4. The van der Waals surface area contributed by atoms with Gasteiger partial charge in [-0.25, -0.2) is 4.98 Å². The van der Waals surface area contributed by atoms with E-state index in [1.54, 1.807) is 11.8 Å². The number of aryl methyl sites for hydroxylation is 1. The highest BCUT2D eigenvalue weighted by atomic mass is 32.2. The Labute approximate surface area is 156 Å². The summed E-state index contributed by atoms with van der Waals surface area (Å²) in [5.41, 5.74) is 7.84. The minimum Gasteiger partial charge on any atom is -0.355 e. The summed E-state index contributed by atoms with van der Waals surface area (Å²) in [5.74, 6) is 0.603. The van der Waals surface area contributed by atoms with E-state index < -0.39 is 6.04 Å². The standard InChI is InChI=1S/C17H24N4O2S2/c1-11-5-6-13-14(10-11)25-17(20-13)21-15(22)4-3-8-19-16(23)12(18)7-9-24-2/h5-6,10,12H,3-4,7-9,18H2,1-2H3,(H,19,23)(H,20,21,22)/t12-/m0/s1. The smallest absolute Gasteiger partial charge is 0.236 e. The summed E-state index contributed by atoms with van der Waals surface area (Å²) in [5, 5.41) is 6.20. The van der Waals surface area contributed by atoms with Crippen molar-refractivity contribution in [2.24, 2.45) is 5.73 Å². The molecule has 2 rings (SSSR count). The lowest BCUT2D eigenvalue weighted by Crippen LogP contribution is -2.41. The third-order valence-corrected chi connectivity index (χ3v) is 5.22. The largest absolute Gasteiger partial charge is 0.355 e. The van der Waals surface area contributed by atoms with E-state index in [4.69, 9.17) is 5.73 Å². The molecule has 1 atom stereocenters. The van der Waals surface area contributed by atoms with Gasteiger partial charge in [-0.1, -0.05) is 17.4 Å². The summed E-state index contributed by atoms with van der Waals surface area (Å²) in [6, 6.07) is 5.53. The Morgan fingerprint density at radius 1 is 1.40 bits per heavy atom. The first kappa shape index (κ1) is 19.7. The van der Waals surface area contributed by atoms with Crippen molar-refractivity contribution >= 4 is 50.3 Å². The van der Waals surface area contributed by atoms with Gasteiger partial charge in [-0.15, -0.1) is 0 Å². The van der Waals surface area contributed by atoms with Crippen LogP contribution in [0.2, 0.25) is 0 Å². The van der Waals surface area contributed by atoms with Crippen molar-refractivity contribution in [3.05, 3.63) is 23.8 Å². The zero-order chi connectivity index (χ0) is 18.2. The molecule has 2 amide bonds. The van der Waals surface area contributed by atoms with Gasteiger partial charge in [0.1, 0.15) is 0 Å². The van der Waals surface area contributed by atoms with Crippen LogP contribution in [-0.2, 0) is 9.59 Å². The van der Waals surface area contributed by atoms with Crippen molar-refractivity contribution in [3.63, 3.8) is 0 Å².